The van der Waals surface area contributed by atoms with Gasteiger partial charge in [0, 0.05) is 48.8 Å². The second-order valence-corrected chi connectivity index (χ2v) is 20.6. The number of fused-ring (bicyclic) bond motifs is 6. The van der Waals surface area contributed by atoms with Crippen LogP contribution in [0.25, 0.3) is 66.4 Å². The van der Waals surface area contributed by atoms with Gasteiger partial charge in [0.25, 0.3) is 0 Å². The molecule has 0 aliphatic heterocycles. The summed E-state index contributed by atoms with van der Waals surface area (Å²) in [5.74, 6) is 0. The number of nitrogens with zero attached hydrogens (tertiary/aromatic N) is 2. The standard InChI is InChI=1S/C27H24NOSi.C22H20NO.Ir/c1-30(2,3)26-18-28-24(17-20(26)16-19-10-5-4-6-11-19)23-14-9-13-22-21-12-7-8-15-25(21)29-27(22)23;1-22(2,3)14-15-10-11-23-19(12-15)16-8-9-21-18(13-16)17-6-4-5-7-20(17)24-21;/h4-13,15,17-18H,16H2,1-3H3;4-7,9-13H,14H2,1-3H3;/q2*-1;/i16D2;14D2;. The Morgan fingerprint density at radius 2 is 1.36 bits per heavy atom. The van der Waals surface area contributed by atoms with E-state index in [0.29, 0.717) is 28.1 Å². The van der Waals surface area contributed by atoms with E-state index < -0.39 is 26.2 Å². The third-order valence-electron chi connectivity index (χ3n) is 9.22. The predicted molar refractivity (Wildman–Crippen MR) is 227 cm³/mol. The molecule has 0 amide bonds. The molecule has 0 N–H and O–H groups in total. The SMILES string of the molecule is [2H]C([2H])(c1ccccc1)c1cc(-c2[c-]ccc3c2oc2ccccc23)ncc1[Si](C)(C)C.[2H]C([2H])(c1ccnc(-c2[c-]cc3oc4ccccc4c3c2)c1)C(C)(C)C.[Ir]. The van der Waals surface area contributed by atoms with Crippen LogP contribution in [0.2, 0.25) is 19.6 Å². The summed E-state index contributed by atoms with van der Waals surface area (Å²) in [5, 5.41) is 5.15. The Balaban J connectivity index is 0.000000180. The molecule has 5 aromatic carbocycles. The minimum Gasteiger partial charge on any atom is -0.501 e. The zero-order valence-electron chi connectivity index (χ0n) is 35.7. The first-order valence-corrected chi connectivity index (χ1v) is 21.7. The van der Waals surface area contributed by atoms with Crippen molar-refractivity contribution in [2.45, 2.75) is 53.2 Å². The minimum absolute atomic E-state index is 0. The van der Waals surface area contributed by atoms with E-state index in [0.717, 1.165) is 60.2 Å². The molecule has 0 atom stereocenters. The van der Waals surface area contributed by atoms with Gasteiger partial charge in [-0.15, -0.1) is 42.0 Å². The van der Waals surface area contributed by atoms with Crippen molar-refractivity contribution in [3.05, 3.63) is 163 Å². The van der Waals surface area contributed by atoms with E-state index in [1.54, 1.807) is 12.3 Å². The van der Waals surface area contributed by atoms with Crippen LogP contribution >= 0.6 is 0 Å². The molecule has 0 bridgehead atoms. The fourth-order valence-corrected chi connectivity index (χ4v) is 8.15. The number of rotatable bonds is 6. The second-order valence-electron chi connectivity index (χ2n) is 15.6. The number of furan rings is 2. The number of para-hydroxylation sites is 2. The van der Waals surface area contributed by atoms with Crippen LogP contribution in [0.3, 0.4) is 0 Å². The molecular weight excluding hydrogens is 869 g/mol. The quantitative estimate of drug-likeness (QED) is 0.123. The molecule has 0 fully saturated rings. The summed E-state index contributed by atoms with van der Waals surface area (Å²) < 4.78 is 47.2. The van der Waals surface area contributed by atoms with E-state index in [2.05, 4.69) is 36.8 Å². The Kier molecular flexibility index (Phi) is 9.39. The van der Waals surface area contributed by atoms with Gasteiger partial charge in [-0.05, 0) is 58.5 Å². The average Bonchev–Trinajstić information content (AvgIpc) is 3.79. The van der Waals surface area contributed by atoms with Crippen LogP contribution in [0, 0.1) is 17.5 Å². The summed E-state index contributed by atoms with van der Waals surface area (Å²) in [5.41, 5.74) is 7.58. The van der Waals surface area contributed by atoms with Gasteiger partial charge in [0.05, 0.1) is 19.2 Å². The van der Waals surface area contributed by atoms with Crippen LogP contribution in [0.1, 0.15) is 42.9 Å². The summed E-state index contributed by atoms with van der Waals surface area (Å²) >= 11 is 0. The van der Waals surface area contributed by atoms with Crippen LogP contribution in [0.4, 0.5) is 0 Å². The molecule has 0 saturated heterocycles. The maximum atomic E-state index is 9.07. The Morgan fingerprint density at radius 3 is 2.09 bits per heavy atom. The van der Waals surface area contributed by atoms with E-state index in [9.17, 15) is 0 Å². The molecule has 1 radical (unpaired) electrons. The summed E-state index contributed by atoms with van der Waals surface area (Å²) in [7, 11) is -1.86. The van der Waals surface area contributed by atoms with Crippen LogP contribution in [0.15, 0.2) is 143 Å². The number of hydrogen-bond donors (Lipinski definition) is 0. The Morgan fingerprint density at radius 1 is 0.673 bits per heavy atom. The third-order valence-corrected chi connectivity index (χ3v) is 11.2. The monoisotopic (exact) mass is 917 g/mol. The zero-order valence-corrected chi connectivity index (χ0v) is 35.1. The molecule has 277 valence electrons. The van der Waals surface area contributed by atoms with Crippen molar-refractivity contribution < 1.29 is 34.4 Å². The van der Waals surface area contributed by atoms with E-state index in [1.165, 1.54) is 0 Å². The minimum atomic E-state index is -1.86. The summed E-state index contributed by atoms with van der Waals surface area (Å²) in [6.07, 6.45) is 0.431. The number of pyridine rings is 2. The normalized spacial score (nSPS) is 13.4. The van der Waals surface area contributed by atoms with E-state index in [-0.39, 0.29) is 20.1 Å². The Hall–Kier alpha value is -5.13. The molecule has 55 heavy (non-hydrogen) atoms. The first kappa shape index (κ1) is 33.2. The second kappa shape index (κ2) is 15.5. The van der Waals surface area contributed by atoms with Crippen LogP contribution in [-0.4, -0.2) is 18.0 Å². The van der Waals surface area contributed by atoms with Gasteiger partial charge in [-0.25, -0.2) is 0 Å². The van der Waals surface area contributed by atoms with Gasteiger partial charge in [0.2, 0.25) is 0 Å². The molecule has 0 saturated carbocycles. The Labute approximate surface area is 343 Å². The van der Waals surface area contributed by atoms with Crippen molar-refractivity contribution in [3.8, 4) is 22.5 Å². The molecule has 0 aliphatic rings. The van der Waals surface area contributed by atoms with Crippen molar-refractivity contribution in [2.24, 2.45) is 5.41 Å². The van der Waals surface area contributed by atoms with Gasteiger partial charge in [-0.3, -0.25) is 0 Å². The van der Waals surface area contributed by atoms with Crippen molar-refractivity contribution in [1.82, 2.24) is 9.97 Å². The molecule has 9 aromatic rings. The number of aromatic nitrogens is 2. The third kappa shape index (κ3) is 8.28. The van der Waals surface area contributed by atoms with Crippen LogP contribution in [-0.2, 0) is 32.9 Å². The smallest absolute Gasteiger partial charge is 0.120 e. The first-order valence-electron chi connectivity index (χ1n) is 20.2. The topological polar surface area (TPSA) is 52.1 Å². The van der Waals surface area contributed by atoms with Crippen molar-refractivity contribution in [1.29, 1.82) is 0 Å². The van der Waals surface area contributed by atoms with Crippen LogP contribution < -0.4 is 5.19 Å². The van der Waals surface area contributed by atoms with Gasteiger partial charge in [-0.2, -0.15) is 0 Å². The Bertz CT molecular complexity index is 2950. The van der Waals surface area contributed by atoms with Crippen molar-refractivity contribution in [2.75, 3.05) is 0 Å². The number of hydrogen-bond acceptors (Lipinski definition) is 4. The van der Waals surface area contributed by atoms with Crippen LogP contribution in [0.5, 0.6) is 0 Å². The maximum Gasteiger partial charge on any atom is 0.120 e. The van der Waals surface area contributed by atoms with Gasteiger partial charge in [0.15, 0.2) is 0 Å². The molecule has 0 spiro atoms. The average molecular weight is 917 g/mol. The summed E-state index contributed by atoms with van der Waals surface area (Å²) in [6, 6.07) is 45.0. The molecule has 6 heteroatoms. The molecule has 9 rings (SSSR count). The first-order chi connectivity index (χ1) is 27.5. The van der Waals surface area contributed by atoms with Gasteiger partial charge >= 0.3 is 0 Å². The fourth-order valence-electron chi connectivity index (χ4n) is 6.76. The van der Waals surface area contributed by atoms with Crippen molar-refractivity contribution in [3.63, 3.8) is 0 Å². The summed E-state index contributed by atoms with van der Waals surface area (Å²) in [4.78, 5) is 9.23. The fraction of sp³-hybridized carbons (Fsp3) is 0.184. The molecular formula is C49H44IrN2O2Si-2. The molecule has 0 aliphatic carbocycles. The van der Waals surface area contributed by atoms with Gasteiger partial charge in [-0.1, -0.05) is 147 Å². The van der Waals surface area contributed by atoms with Crippen molar-refractivity contribution >= 4 is 57.1 Å². The predicted octanol–water partition coefficient (Wildman–Crippen LogP) is 12.6. The van der Waals surface area contributed by atoms with Gasteiger partial charge < -0.3 is 18.8 Å². The van der Waals surface area contributed by atoms with E-state index in [4.69, 9.17) is 19.3 Å². The van der Waals surface area contributed by atoms with E-state index >= 15 is 0 Å². The largest absolute Gasteiger partial charge is 0.501 e. The molecule has 4 aromatic heterocycles. The maximum absolute atomic E-state index is 9.07. The molecule has 4 heterocycles. The molecule has 0 unspecified atom stereocenters. The number of benzene rings is 5. The summed E-state index contributed by atoms with van der Waals surface area (Å²) in [6.45, 7) is 12.4. The molecule has 4 nitrogen and oxygen atoms in total. The van der Waals surface area contributed by atoms with Gasteiger partial charge in [0.1, 0.15) is 11.2 Å². The zero-order chi connectivity index (χ0) is 41.0. The van der Waals surface area contributed by atoms with E-state index in [1.807, 2.05) is 142 Å².